The molecule has 1 aromatic rings. The molecule has 0 aromatic carbocycles. The highest BCUT2D eigenvalue weighted by Gasteiger charge is 2.32. The molecule has 3 atom stereocenters. The van der Waals surface area contributed by atoms with Crippen LogP contribution in [0.4, 0.5) is 4.79 Å². The minimum absolute atomic E-state index is 0.0354. The van der Waals surface area contributed by atoms with E-state index in [-0.39, 0.29) is 23.9 Å². The molecule has 7 heteroatoms. The third kappa shape index (κ3) is 4.17. The molecule has 1 fully saturated rings. The van der Waals surface area contributed by atoms with Crippen molar-refractivity contribution >= 4 is 23.3 Å². The molecule has 1 saturated carbocycles. The standard InChI is InChI=1S/C14H21N3O3S/c1-2-11(12-15-6-7-21-12)17-14(20)16-8-9-4-3-5-10(9)13(18)19/h6-7,9-11H,2-5,8H2,1H3,(H,18,19)(H2,16,17,20). The van der Waals surface area contributed by atoms with Crippen LogP contribution in [-0.2, 0) is 4.79 Å². The molecule has 1 heterocycles. The Kier molecular flexibility index (Phi) is 5.55. The summed E-state index contributed by atoms with van der Waals surface area (Å²) in [7, 11) is 0. The van der Waals surface area contributed by atoms with E-state index in [1.54, 1.807) is 6.20 Å². The lowest BCUT2D eigenvalue weighted by Crippen LogP contribution is -2.41. The van der Waals surface area contributed by atoms with Gasteiger partial charge in [0.2, 0.25) is 0 Å². The molecular formula is C14H21N3O3S. The third-order valence-electron chi connectivity index (χ3n) is 3.96. The third-order valence-corrected chi connectivity index (χ3v) is 4.85. The van der Waals surface area contributed by atoms with Gasteiger partial charge in [-0.05, 0) is 25.2 Å². The lowest BCUT2D eigenvalue weighted by Gasteiger charge is -2.19. The molecule has 116 valence electrons. The SMILES string of the molecule is CCC(NC(=O)NCC1CCCC1C(=O)O)c1nccs1. The van der Waals surface area contributed by atoms with Gasteiger partial charge < -0.3 is 15.7 Å². The van der Waals surface area contributed by atoms with Gasteiger partial charge in [-0.25, -0.2) is 9.78 Å². The maximum Gasteiger partial charge on any atom is 0.315 e. The molecule has 0 aliphatic heterocycles. The topological polar surface area (TPSA) is 91.3 Å². The number of thiazole rings is 1. The number of hydrogen-bond donors (Lipinski definition) is 3. The van der Waals surface area contributed by atoms with E-state index in [0.717, 1.165) is 24.3 Å². The number of carbonyl (C=O) groups excluding carboxylic acids is 1. The number of carbonyl (C=O) groups is 2. The molecule has 1 aliphatic carbocycles. The quantitative estimate of drug-likeness (QED) is 0.752. The highest BCUT2D eigenvalue weighted by Crippen LogP contribution is 2.31. The minimum Gasteiger partial charge on any atom is -0.481 e. The van der Waals surface area contributed by atoms with E-state index in [0.29, 0.717) is 13.0 Å². The van der Waals surface area contributed by atoms with E-state index in [2.05, 4.69) is 15.6 Å². The summed E-state index contributed by atoms with van der Waals surface area (Å²) in [5.41, 5.74) is 0. The van der Waals surface area contributed by atoms with E-state index < -0.39 is 5.97 Å². The van der Waals surface area contributed by atoms with Crippen LogP contribution in [0.2, 0.25) is 0 Å². The first-order valence-corrected chi connectivity index (χ1v) is 8.16. The predicted octanol–water partition coefficient (Wildman–Crippen LogP) is 2.39. The molecule has 0 radical (unpaired) electrons. The van der Waals surface area contributed by atoms with Gasteiger partial charge in [0, 0.05) is 18.1 Å². The van der Waals surface area contributed by atoms with Gasteiger partial charge in [0.1, 0.15) is 5.01 Å². The van der Waals surface area contributed by atoms with Gasteiger partial charge >= 0.3 is 12.0 Å². The van der Waals surface area contributed by atoms with Gasteiger partial charge in [0.05, 0.1) is 12.0 Å². The lowest BCUT2D eigenvalue weighted by atomic mass is 9.96. The Hall–Kier alpha value is -1.63. The number of nitrogens with zero attached hydrogens (tertiary/aromatic N) is 1. The van der Waals surface area contributed by atoms with Crippen LogP contribution in [0.5, 0.6) is 0 Å². The number of aromatic nitrogens is 1. The van der Waals surface area contributed by atoms with E-state index in [9.17, 15) is 9.59 Å². The second kappa shape index (κ2) is 7.40. The summed E-state index contributed by atoms with van der Waals surface area (Å²) >= 11 is 1.51. The van der Waals surface area contributed by atoms with Crippen molar-refractivity contribution in [3.63, 3.8) is 0 Å². The summed E-state index contributed by atoms with van der Waals surface area (Å²) in [4.78, 5) is 27.3. The zero-order valence-corrected chi connectivity index (χ0v) is 12.9. The molecule has 0 saturated heterocycles. The first-order chi connectivity index (χ1) is 10.1. The molecule has 2 rings (SSSR count). The molecule has 3 N–H and O–H groups in total. The fourth-order valence-corrected chi connectivity index (χ4v) is 3.56. The van der Waals surface area contributed by atoms with Crippen LogP contribution < -0.4 is 10.6 Å². The number of carboxylic acids is 1. The number of hydrogen-bond acceptors (Lipinski definition) is 4. The van der Waals surface area contributed by atoms with Crippen LogP contribution in [0.1, 0.15) is 43.7 Å². The average Bonchev–Trinajstić information content (AvgIpc) is 3.13. The molecule has 0 bridgehead atoms. The van der Waals surface area contributed by atoms with Crippen LogP contribution in [0.15, 0.2) is 11.6 Å². The number of rotatable bonds is 6. The monoisotopic (exact) mass is 311 g/mol. The van der Waals surface area contributed by atoms with Crippen molar-refractivity contribution in [2.24, 2.45) is 11.8 Å². The van der Waals surface area contributed by atoms with Crippen LogP contribution in [0.25, 0.3) is 0 Å². The number of carboxylic acid groups (broad SMARTS) is 1. The molecule has 1 aromatic heterocycles. The summed E-state index contributed by atoms with van der Waals surface area (Å²) in [5.74, 6) is -1.05. The maximum absolute atomic E-state index is 11.9. The van der Waals surface area contributed by atoms with Gasteiger partial charge in [-0.2, -0.15) is 0 Å². The molecular weight excluding hydrogens is 290 g/mol. The van der Waals surface area contributed by atoms with Crippen molar-refractivity contribution < 1.29 is 14.7 Å². The van der Waals surface area contributed by atoms with Crippen molar-refractivity contribution in [2.75, 3.05) is 6.54 Å². The van der Waals surface area contributed by atoms with Crippen molar-refractivity contribution in [1.82, 2.24) is 15.6 Å². The molecule has 6 nitrogen and oxygen atoms in total. The van der Waals surface area contributed by atoms with E-state index >= 15 is 0 Å². The van der Waals surface area contributed by atoms with Gasteiger partial charge in [-0.1, -0.05) is 13.3 Å². The first kappa shape index (κ1) is 15.8. The second-order valence-electron chi connectivity index (χ2n) is 5.32. The molecule has 0 spiro atoms. The Labute approximate surface area is 128 Å². The minimum atomic E-state index is -0.756. The average molecular weight is 311 g/mol. The Morgan fingerprint density at radius 3 is 2.95 bits per heavy atom. The Morgan fingerprint density at radius 1 is 1.52 bits per heavy atom. The zero-order valence-electron chi connectivity index (χ0n) is 12.0. The number of nitrogens with one attached hydrogen (secondary N) is 2. The summed E-state index contributed by atoms with van der Waals surface area (Å²) in [6.07, 6.45) is 4.98. The van der Waals surface area contributed by atoms with Gasteiger partial charge in [0.15, 0.2) is 0 Å². The first-order valence-electron chi connectivity index (χ1n) is 7.28. The summed E-state index contributed by atoms with van der Waals surface area (Å²) < 4.78 is 0. The Morgan fingerprint density at radius 2 is 2.33 bits per heavy atom. The number of amides is 2. The van der Waals surface area contributed by atoms with Crippen LogP contribution in [-0.4, -0.2) is 28.6 Å². The van der Waals surface area contributed by atoms with E-state index in [1.807, 2.05) is 12.3 Å². The number of urea groups is 1. The fraction of sp³-hybridized carbons (Fsp3) is 0.643. The summed E-state index contributed by atoms with van der Waals surface area (Å²) in [5, 5.41) is 17.6. The van der Waals surface area contributed by atoms with Crippen LogP contribution in [0, 0.1) is 11.8 Å². The van der Waals surface area contributed by atoms with Gasteiger partial charge in [-0.3, -0.25) is 4.79 Å². The van der Waals surface area contributed by atoms with Gasteiger partial charge in [0.25, 0.3) is 0 Å². The summed E-state index contributed by atoms with van der Waals surface area (Å²) in [6.45, 7) is 2.40. The van der Waals surface area contributed by atoms with Gasteiger partial charge in [-0.15, -0.1) is 11.3 Å². The van der Waals surface area contributed by atoms with Crippen molar-refractivity contribution in [3.8, 4) is 0 Å². The van der Waals surface area contributed by atoms with Crippen molar-refractivity contribution in [3.05, 3.63) is 16.6 Å². The highest BCUT2D eigenvalue weighted by molar-refractivity contribution is 7.09. The molecule has 1 aliphatic rings. The number of aliphatic carboxylic acids is 1. The predicted molar refractivity (Wildman–Crippen MR) is 80.1 cm³/mol. The smallest absolute Gasteiger partial charge is 0.315 e. The van der Waals surface area contributed by atoms with Crippen LogP contribution in [0.3, 0.4) is 0 Å². The lowest BCUT2D eigenvalue weighted by molar-refractivity contribution is -0.142. The van der Waals surface area contributed by atoms with E-state index in [1.165, 1.54) is 11.3 Å². The maximum atomic E-state index is 11.9. The highest BCUT2D eigenvalue weighted by atomic mass is 32.1. The van der Waals surface area contributed by atoms with Crippen molar-refractivity contribution in [2.45, 2.75) is 38.6 Å². The van der Waals surface area contributed by atoms with Crippen LogP contribution >= 0.6 is 11.3 Å². The summed E-state index contributed by atoms with van der Waals surface area (Å²) in [6, 6.07) is -0.350. The largest absolute Gasteiger partial charge is 0.481 e. The Bertz CT molecular complexity index is 478. The molecule has 2 amide bonds. The molecule has 21 heavy (non-hydrogen) atoms. The molecule has 3 unspecified atom stereocenters. The Balaban J connectivity index is 1.80. The van der Waals surface area contributed by atoms with Crippen molar-refractivity contribution in [1.29, 1.82) is 0 Å². The fourth-order valence-electron chi connectivity index (χ4n) is 2.78. The van der Waals surface area contributed by atoms with E-state index in [4.69, 9.17) is 5.11 Å². The zero-order chi connectivity index (χ0) is 15.2. The normalized spacial score (nSPS) is 22.7. The second-order valence-corrected chi connectivity index (χ2v) is 6.25.